The van der Waals surface area contributed by atoms with E-state index < -0.39 is 0 Å². The zero-order chi connectivity index (χ0) is 31.6. The highest BCUT2D eigenvalue weighted by Gasteiger charge is 2.84. The van der Waals surface area contributed by atoms with E-state index in [0.29, 0.717) is 28.6 Å². The van der Waals surface area contributed by atoms with E-state index >= 15 is 0 Å². The van der Waals surface area contributed by atoms with Crippen molar-refractivity contribution in [2.75, 3.05) is 26.7 Å². The summed E-state index contributed by atoms with van der Waals surface area (Å²) in [7, 11) is 2.18. The first-order valence-corrected chi connectivity index (χ1v) is 18.1. The van der Waals surface area contributed by atoms with Gasteiger partial charge in [0.25, 0.3) is 0 Å². The molecule has 1 unspecified atom stereocenters. The molecule has 6 nitrogen and oxygen atoms in total. The molecule has 7 fully saturated rings. The fourth-order valence-electron chi connectivity index (χ4n) is 13.9. The van der Waals surface area contributed by atoms with Crippen LogP contribution in [-0.2, 0) is 23.7 Å². The van der Waals surface area contributed by atoms with Crippen LogP contribution in [0.2, 0.25) is 0 Å². The summed E-state index contributed by atoms with van der Waals surface area (Å²) in [5.74, 6) is 2.75. The number of esters is 1. The van der Waals surface area contributed by atoms with Gasteiger partial charge in [-0.2, -0.15) is 0 Å². The quantitative estimate of drug-likeness (QED) is 0.241. The summed E-state index contributed by atoms with van der Waals surface area (Å²) in [5.41, 5.74) is 2.47. The van der Waals surface area contributed by atoms with Crippen molar-refractivity contribution in [2.24, 2.45) is 56.7 Å². The largest absolute Gasteiger partial charge is 0.455 e. The molecule has 2 aliphatic heterocycles. The SMILES string of the molecule is C=C(C)[C@@H](OC(C)=O)[C@H]1C[C@@H](C)[C@H]2[C@H](O1)[C@H](C)[C@@]1(C)[C@@H]3CC[C@H]4C(C)(C)[C@@H](O[C@H]5CN(C)CCO5)CCC45C[C@@]35CC[C@]21C. The van der Waals surface area contributed by atoms with Crippen LogP contribution < -0.4 is 0 Å². The van der Waals surface area contributed by atoms with Gasteiger partial charge in [0.15, 0.2) is 6.29 Å². The Balaban J connectivity index is 1.15. The summed E-state index contributed by atoms with van der Waals surface area (Å²) in [5, 5.41) is 0. The maximum Gasteiger partial charge on any atom is 0.303 e. The molecule has 0 aromatic rings. The second-order valence-electron chi connectivity index (χ2n) is 18.0. The monoisotopic (exact) mass is 611 g/mol. The average Bonchev–Trinajstić information content (AvgIpc) is 3.58. The van der Waals surface area contributed by atoms with Crippen LogP contribution in [0.4, 0.5) is 0 Å². The van der Waals surface area contributed by atoms with Crippen molar-refractivity contribution in [1.82, 2.24) is 4.90 Å². The summed E-state index contributed by atoms with van der Waals surface area (Å²) < 4.78 is 25.8. The smallest absolute Gasteiger partial charge is 0.303 e. The predicted molar refractivity (Wildman–Crippen MR) is 172 cm³/mol. The lowest BCUT2D eigenvalue weighted by atomic mass is 9.40. The molecule has 7 rings (SSSR count). The van der Waals surface area contributed by atoms with Crippen LogP contribution in [0.25, 0.3) is 0 Å². The van der Waals surface area contributed by atoms with Gasteiger partial charge in [-0.3, -0.25) is 9.69 Å². The Morgan fingerprint density at radius 3 is 2.39 bits per heavy atom. The first-order chi connectivity index (χ1) is 20.6. The number of rotatable bonds is 5. The number of hydrogen-bond donors (Lipinski definition) is 0. The van der Waals surface area contributed by atoms with Gasteiger partial charge in [-0.05, 0) is 128 Å². The van der Waals surface area contributed by atoms with E-state index in [4.69, 9.17) is 18.9 Å². The second kappa shape index (κ2) is 10.3. The van der Waals surface area contributed by atoms with Gasteiger partial charge in [0.2, 0.25) is 0 Å². The summed E-state index contributed by atoms with van der Waals surface area (Å²) in [6, 6.07) is 0. The lowest BCUT2D eigenvalue weighted by Gasteiger charge is -2.64. The molecule has 2 heterocycles. The average molecular weight is 612 g/mol. The van der Waals surface area contributed by atoms with Crippen molar-refractivity contribution < 1.29 is 23.7 Å². The van der Waals surface area contributed by atoms with E-state index in [1.54, 1.807) is 0 Å². The summed E-state index contributed by atoms with van der Waals surface area (Å²) in [4.78, 5) is 14.4. The summed E-state index contributed by atoms with van der Waals surface area (Å²) in [6.07, 6.45) is 10.1. The highest BCUT2D eigenvalue weighted by Crippen LogP contribution is 2.89. The molecule has 5 saturated carbocycles. The topological polar surface area (TPSA) is 57.2 Å². The maximum absolute atomic E-state index is 12.0. The van der Waals surface area contributed by atoms with E-state index in [9.17, 15) is 4.79 Å². The lowest BCUT2D eigenvalue weighted by Crippen LogP contribution is -2.59. The van der Waals surface area contributed by atoms with Gasteiger partial charge in [-0.1, -0.05) is 48.1 Å². The Hall–Kier alpha value is -0.950. The number of fused-ring (bicyclic) bond motifs is 4. The molecule has 2 saturated heterocycles. The molecule has 7 aliphatic rings. The Morgan fingerprint density at radius 1 is 1.00 bits per heavy atom. The Kier molecular flexibility index (Phi) is 7.39. The molecule has 2 spiro atoms. The van der Waals surface area contributed by atoms with E-state index in [1.165, 1.54) is 45.4 Å². The molecule has 0 bridgehead atoms. The van der Waals surface area contributed by atoms with Gasteiger partial charge in [0, 0.05) is 20.0 Å². The first-order valence-electron chi connectivity index (χ1n) is 18.1. The van der Waals surface area contributed by atoms with Crippen LogP contribution in [0.1, 0.15) is 107 Å². The van der Waals surface area contributed by atoms with Gasteiger partial charge in [-0.25, -0.2) is 0 Å². The molecule has 5 aliphatic carbocycles. The Labute approximate surface area is 267 Å². The molecule has 0 N–H and O–H groups in total. The van der Waals surface area contributed by atoms with Crippen LogP contribution in [-0.4, -0.2) is 68.3 Å². The van der Waals surface area contributed by atoms with E-state index in [0.717, 1.165) is 49.9 Å². The molecular formula is C38H61NO5. The van der Waals surface area contributed by atoms with Gasteiger partial charge in [0.1, 0.15) is 6.10 Å². The van der Waals surface area contributed by atoms with Gasteiger partial charge in [0.05, 0.1) is 24.9 Å². The highest BCUT2D eigenvalue weighted by molar-refractivity contribution is 5.66. The van der Waals surface area contributed by atoms with Crippen LogP contribution in [0.15, 0.2) is 12.2 Å². The van der Waals surface area contributed by atoms with Gasteiger partial charge < -0.3 is 18.9 Å². The number of hydrogen-bond acceptors (Lipinski definition) is 6. The molecule has 0 radical (unpaired) electrons. The van der Waals surface area contributed by atoms with E-state index in [2.05, 4.69) is 60.1 Å². The molecule has 0 amide bonds. The zero-order valence-electron chi connectivity index (χ0n) is 29.2. The molecule has 248 valence electrons. The number of carbonyl (C=O) groups excluding carboxylic acids is 1. The molecule has 0 aromatic carbocycles. The van der Waals surface area contributed by atoms with E-state index in [-0.39, 0.29) is 52.9 Å². The lowest BCUT2D eigenvalue weighted by molar-refractivity contribution is -0.246. The number of carbonyl (C=O) groups is 1. The summed E-state index contributed by atoms with van der Waals surface area (Å²) in [6.45, 7) is 25.7. The van der Waals surface area contributed by atoms with Crippen molar-refractivity contribution in [3.63, 3.8) is 0 Å². The first kappa shape index (κ1) is 31.6. The van der Waals surface area contributed by atoms with Crippen molar-refractivity contribution in [2.45, 2.75) is 137 Å². The van der Waals surface area contributed by atoms with Crippen molar-refractivity contribution in [3.8, 4) is 0 Å². The third-order valence-corrected chi connectivity index (χ3v) is 15.9. The Morgan fingerprint density at radius 2 is 1.70 bits per heavy atom. The Bertz CT molecular complexity index is 1190. The van der Waals surface area contributed by atoms with Crippen molar-refractivity contribution in [1.29, 1.82) is 0 Å². The van der Waals surface area contributed by atoms with Crippen LogP contribution >= 0.6 is 0 Å². The fourth-order valence-corrected chi connectivity index (χ4v) is 13.9. The number of morpholine rings is 1. The second-order valence-corrected chi connectivity index (χ2v) is 18.0. The maximum atomic E-state index is 12.0. The fraction of sp³-hybridized carbons (Fsp3) is 0.921. The van der Waals surface area contributed by atoms with Crippen LogP contribution in [0.3, 0.4) is 0 Å². The van der Waals surface area contributed by atoms with Gasteiger partial charge >= 0.3 is 5.97 Å². The zero-order valence-corrected chi connectivity index (χ0v) is 29.2. The normalized spacial score (nSPS) is 53.2. The number of nitrogens with zero attached hydrogens (tertiary/aromatic N) is 1. The third-order valence-electron chi connectivity index (χ3n) is 15.9. The molecule has 44 heavy (non-hydrogen) atoms. The standard InChI is InChI=1S/C38H61NO5/c1-22(2)32(42-25(5)40)26-19-23(3)31-33(43-26)24(4)36(9)28-12-11-27-34(6,7)29(44-30-20-39(10)17-18-41-30)13-14-37(27)21-38(28,37)16-15-35(31,36)8/h23-24,26-33H,1,11-21H2,2-10H3/t23-,24+,26-,27+,28+,29+,30+,31+,32-,33-,35-,36+,37?,38+/m1/s1. The van der Waals surface area contributed by atoms with Crippen LogP contribution in [0, 0.1) is 56.7 Å². The predicted octanol–water partition coefficient (Wildman–Crippen LogP) is 7.26. The molecular weight excluding hydrogens is 550 g/mol. The van der Waals surface area contributed by atoms with E-state index in [1.807, 2.05) is 6.92 Å². The van der Waals surface area contributed by atoms with Gasteiger partial charge in [-0.15, -0.1) is 0 Å². The minimum Gasteiger partial charge on any atom is -0.455 e. The molecule has 6 heteroatoms. The van der Waals surface area contributed by atoms with Crippen molar-refractivity contribution >= 4 is 5.97 Å². The van der Waals surface area contributed by atoms with Crippen LogP contribution in [0.5, 0.6) is 0 Å². The number of ether oxygens (including phenoxy) is 4. The minimum atomic E-state index is -0.362. The number of likely N-dealkylation sites (N-methyl/N-ethyl adjacent to an activating group) is 1. The van der Waals surface area contributed by atoms with Crippen molar-refractivity contribution in [3.05, 3.63) is 12.2 Å². The molecule has 0 aromatic heterocycles. The third kappa shape index (κ3) is 4.08. The highest BCUT2D eigenvalue weighted by atomic mass is 16.7. The minimum absolute atomic E-state index is 0.0929. The molecule has 14 atom stereocenters. The summed E-state index contributed by atoms with van der Waals surface area (Å²) >= 11 is 0.